The first-order valence-electron chi connectivity index (χ1n) is 7.14. The van der Waals surface area contributed by atoms with Gasteiger partial charge in [-0.3, -0.25) is 0 Å². The van der Waals surface area contributed by atoms with Gasteiger partial charge in [0.25, 0.3) is 0 Å². The number of hydrogen-bond acceptors (Lipinski definition) is 4. The molecule has 1 aliphatic heterocycles. The van der Waals surface area contributed by atoms with Gasteiger partial charge < -0.3 is 20.8 Å². The number of nitrogens with two attached hydrogens (primary N) is 1. The van der Waals surface area contributed by atoms with E-state index >= 15 is 0 Å². The number of hydrogen-bond donors (Lipinski definition) is 3. The van der Waals surface area contributed by atoms with Crippen LogP contribution < -0.4 is 10.6 Å². The molecule has 0 spiro atoms. The standard InChI is InChI=1S/C12H17FN2.C4H4O4/c1-8-5-12-10(6-11(8)13)3-4-15(12)7-9(2)14;5-3(6)1-2-4(7)8/h5-6,9H,3-4,7,14H2,1-2H3;1-2H,(H,5,6)(H,7,8)/b;2-1+/t9-;/m0./s1. The number of carboxylic acids is 2. The van der Waals surface area contributed by atoms with Gasteiger partial charge in [-0.15, -0.1) is 0 Å². The number of rotatable bonds is 4. The summed E-state index contributed by atoms with van der Waals surface area (Å²) in [6.07, 6.45) is 2.05. The molecule has 0 saturated heterocycles. The molecular weight excluding hydrogens is 303 g/mol. The van der Waals surface area contributed by atoms with Gasteiger partial charge in [-0.05, 0) is 43.5 Å². The number of benzene rings is 1. The van der Waals surface area contributed by atoms with Crippen LogP contribution in [0.1, 0.15) is 18.1 Å². The zero-order valence-corrected chi connectivity index (χ0v) is 13.1. The van der Waals surface area contributed by atoms with Crippen LogP contribution in [-0.2, 0) is 16.0 Å². The highest BCUT2D eigenvalue weighted by Crippen LogP contribution is 2.30. The molecule has 1 aliphatic rings. The second kappa shape index (κ2) is 8.28. The van der Waals surface area contributed by atoms with Crippen molar-refractivity contribution >= 4 is 17.6 Å². The molecule has 0 aromatic heterocycles. The Balaban J connectivity index is 0.000000284. The fourth-order valence-electron chi connectivity index (χ4n) is 2.26. The first-order valence-corrected chi connectivity index (χ1v) is 7.14. The Morgan fingerprint density at radius 1 is 1.35 bits per heavy atom. The van der Waals surface area contributed by atoms with E-state index in [1.54, 1.807) is 13.0 Å². The van der Waals surface area contributed by atoms with Crippen molar-refractivity contribution < 1.29 is 24.2 Å². The lowest BCUT2D eigenvalue weighted by atomic mass is 10.1. The molecule has 4 N–H and O–H groups in total. The van der Waals surface area contributed by atoms with Crippen LogP contribution in [0.3, 0.4) is 0 Å². The smallest absolute Gasteiger partial charge is 0.328 e. The predicted molar refractivity (Wildman–Crippen MR) is 85.1 cm³/mol. The second-order valence-corrected chi connectivity index (χ2v) is 5.41. The van der Waals surface area contributed by atoms with Crippen molar-refractivity contribution in [1.29, 1.82) is 0 Å². The molecule has 0 unspecified atom stereocenters. The third-order valence-corrected chi connectivity index (χ3v) is 3.23. The first-order chi connectivity index (χ1) is 10.7. The van der Waals surface area contributed by atoms with Gasteiger partial charge in [-0.25, -0.2) is 14.0 Å². The molecule has 6 nitrogen and oxygen atoms in total. The summed E-state index contributed by atoms with van der Waals surface area (Å²) < 4.78 is 13.3. The normalized spacial score (nSPS) is 14.2. The minimum Gasteiger partial charge on any atom is -0.478 e. The minimum absolute atomic E-state index is 0.101. The van der Waals surface area contributed by atoms with Gasteiger partial charge in [0, 0.05) is 37.0 Å². The van der Waals surface area contributed by atoms with Crippen molar-refractivity contribution in [2.75, 3.05) is 18.0 Å². The summed E-state index contributed by atoms with van der Waals surface area (Å²) in [5, 5.41) is 15.6. The van der Waals surface area contributed by atoms with Crippen molar-refractivity contribution in [2.24, 2.45) is 5.73 Å². The molecule has 1 heterocycles. The van der Waals surface area contributed by atoms with Crippen LogP contribution >= 0.6 is 0 Å². The maximum absolute atomic E-state index is 13.3. The lowest BCUT2D eigenvalue weighted by molar-refractivity contribution is -0.134. The zero-order chi connectivity index (χ0) is 17.6. The van der Waals surface area contributed by atoms with E-state index in [1.165, 1.54) is 0 Å². The Morgan fingerprint density at radius 2 is 1.91 bits per heavy atom. The van der Waals surface area contributed by atoms with Gasteiger partial charge in [0.1, 0.15) is 5.82 Å². The number of carboxylic acid groups (broad SMARTS) is 2. The molecule has 0 amide bonds. The maximum atomic E-state index is 13.3. The van der Waals surface area contributed by atoms with E-state index < -0.39 is 11.9 Å². The molecule has 1 aromatic carbocycles. The molecule has 23 heavy (non-hydrogen) atoms. The molecule has 0 radical (unpaired) electrons. The Hall–Kier alpha value is -2.41. The number of carbonyl (C=O) groups is 2. The molecule has 0 saturated carbocycles. The summed E-state index contributed by atoms with van der Waals surface area (Å²) in [4.78, 5) is 21.3. The van der Waals surface area contributed by atoms with Gasteiger partial charge in [0.05, 0.1) is 0 Å². The van der Waals surface area contributed by atoms with Gasteiger partial charge in [0.15, 0.2) is 0 Å². The Bertz CT molecular complexity index is 598. The first kappa shape index (κ1) is 18.6. The van der Waals surface area contributed by atoms with Crippen molar-refractivity contribution in [3.05, 3.63) is 41.2 Å². The zero-order valence-electron chi connectivity index (χ0n) is 13.1. The molecule has 7 heteroatoms. The summed E-state index contributed by atoms with van der Waals surface area (Å²) in [6.45, 7) is 5.60. The molecule has 0 fully saturated rings. The molecule has 1 atom stereocenters. The van der Waals surface area contributed by atoms with Gasteiger partial charge in [0.2, 0.25) is 0 Å². The number of halogens is 1. The third kappa shape index (κ3) is 6.07. The third-order valence-electron chi connectivity index (χ3n) is 3.23. The summed E-state index contributed by atoms with van der Waals surface area (Å²) in [5.74, 6) is -2.61. The van der Waals surface area contributed by atoms with E-state index in [-0.39, 0.29) is 11.9 Å². The van der Waals surface area contributed by atoms with Crippen LogP contribution in [0, 0.1) is 12.7 Å². The quantitative estimate of drug-likeness (QED) is 0.726. The average molecular weight is 324 g/mol. The molecule has 2 rings (SSSR count). The highest BCUT2D eigenvalue weighted by Gasteiger charge is 2.21. The second-order valence-electron chi connectivity index (χ2n) is 5.41. The molecular formula is C16H21FN2O4. The van der Waals surface area contributed by atoms with Gasteiger partial charge >= 0.3 is 11.9 Å². The predicted octanol–water partition coefficient (Wildman–Crippen LogP) is 1.56. The summed E-state index contributed by atoms with van der Waals surface area (Å²) in [5.41, 5.74) is 8.76. The Morgan fingerprint density at radius 3 is 2.39 bits per heavy atom. The average Bonchev–Trinajstić information content (AvgIpc) is 2.79. The van der Waals surface area contributed by atoms with Crippen molar-refractivity contribution in [2.45, 2.75) is 26.3 Å². The Labute approximate surface area is 134 Å². The van der Waals surface area contributed by atoms with Crippen LogP contribution in [0.5, 0.6) is 0 Å². The van der Waals surface area contributed by atoms with Gasteiger partial charge in [-0.1, -0.05) is 0 Å². The van der Waals surface area contributed by atoms with Crippen LogP contribution in [-0.4, -0.2) is 41.3 Å². The van der Waals surface area contributed by atoms with Crippen LogP contribution in [0.2, 0.25) is 0 Å². The molecule has 126 valence electrons. The number of anilines is 1. The van der Waals surface area contributed by atoms with E-state index in [9.17, 15) is 14.0 Å². The summed E-state index contributed by atoms with van der Waals surface area (Å²) >= 11 is 0. The van der Waals surface area contributed by atoms with Crippen LogP contribution in [0.4, 0.5) is 10.1 Å². The van der Waals surface area contributed by atoms with Crippen molar-refractivity contribution in [3.63, 3.8) is 0 Å². The van der Waals surface area contributed by atoms with E-state index in [0.29, 0.717) is 17.7 Å². The minimum atomic E-state index is -1.26. The number of fused-ring (bicyclic) bond motifs is 1. The summed E-state index contributed by atoms with van der Waals surface area (Å²) in [7, 11) is 0. The molecule has 0 bridgehead atoms. The SMILES string of the molecule is Cc1cc2c(cc1F)CCN2C[C@H](C)N.O=C(O)/C=C/C(=O)O. The molecule has 0 aliphatic carbocycles. The Kier molecular flexibility index (Phi) is 6.71. The fourth-order valence-corrected chi connectivity index (χ4v) is 2.26. The number of nitrogens with zero attached hydrogens (tertiary/aromatic N) is 1. The number of aliphatic carboxylic acids is 2. The van der Waals surface area contributed by atoms with E-state index in [0.717, 1.165) is 30.8 Å². The highest BCUT2D eigenvalue weighted by atomic mass is 19.1. The monoisotopic (exact) mass is 324 g/mol. The lowest BCUT2D eigenvalue weighted by Gasteiger charge is -2.21. The van der Waals surface area contributed by atoms with Crippen molar-refractivity contribution in [3.8, 4) is 0 Å². The van der Waals surface area contributed by atoms with Crippen LogP contribution in [0.15, 0.2) is 24.3 Å². The topological polar surface area (TPSA) is 104 Å². The lowest BCUT2D eigenvalue weighted by Crippen LogP contribution is -2.34. The maximum Gasteiger partial charge on any atom is 0.328 e. The van der Waals surface area contributed by atoms with E-state index in [1.807, 2.05) is 13.0 Å². The van der Waals surface area contributed by atoms with Crippen LogP contribution in [0.25, 0.3) is 0 Å². The largest absolute Gasteiger partial charge is 0.478 e. The molecule has 1 aromatic rings. The summed E-state index contributed by atoms with van der Waals surface area (Å²) in [6, 6.07) is 3.74. The van der Waals surface area contributed by atoms with Crippen molar-refractivity contribution in [1.82, 2.24) is 0 Å². The van der Waals surface area contributed by atoms with E-state index in [2.05, 4.69) is 4.90 Å². The van der Waals surface area contributed by atoms with E-state index in [4.69, 9.17) is 15.9 Å². The fraction of sp³-hybridized carbons (Fsp3) is 0.375. The number of aryl methyl sites for hydroxylation is 1. The van der Waals surface area contributed by atoms with Gasteiger partial charge in [-0.2, -0.15) is 0 Å². The highest BCUT2D eigenvalue weighted by molar-refractivity contribution is 5.89.